The number of benzene rings is 1. The molecule has 3 rings (SSSR count). The second-order valence-corrected chi connectivity index (χ2v) is 7.71. The highest BCUT2D eigenvalue weighted by atomic mass is 35.5. The summed E-state index contributed by atoms with van der Waals surface area (Å²) in [7, 11) is 1.70. The van der Waals surface area contributed by atoms with Gasteiger partial charge in [0.15, 0.2) is 0 Å². The Morgan fingerprint density at radius 2 is 2.04 bits per heavy atom. The van der Waals surface area contributed by atoms with Gasteiger partial charge in [0.1, 0.15) is 0 Å². The maximum absolute atomic E-state index is 12.8. The van der Waals surface area contributed by atoms with Crippen LogP contribution >= 0.6 is 11.6 Å². The van der Waals surface area contributed by atoms with E-state index in [2.05, 4.69) is 0 Å². The molecule has 2 heterocycles. The van der Waals surface area contributed by atoms with E-state index in [4.69, 9.17) is 11.6 Å². The minimum Gasteiger partial charge on any atom is -0.342 e. The predicted octanol–water partition coefficient (Wildman–Crippen LogP) is 2.88. The Labute approximate surface area is 162 Å². The summed E-state index contributed by atoms with van der Waals surface area (Å²) in [6, 6.07) is 7.11. The smallest absolute Gasteiger partial charge is 0.251 e. The molecular formula is C19H24ClF2N3O2. The molecule has 1 atom stereocenters. The molecule has 1 aromatic rings. The first-order chi connectivity index (χ1) is 12.8. The zero-order valence-electron chi connectivity index (χ0n) is 15.3. The van der Waals surface area contributed by atoms with Crippen LogP contribution in [0.5, 0.6) is 0 Å². The first-order valence-corrected chi connectivity index (χ1v) is 9.56. The van der Waals surface area contributed by atoms with Crippen LogP contribution < -0.4 is 4.90 Å². The van der Waals surface area contributed by atoms with Gasteiger partial charge in [-0.3, -0.25) is 14.5 Å². The van der Waals surface area contributed by atoms with Gasteiger partial charge in [0, 0.05) is 42.8 Å². The number of piperidine rings is 1. The predicted molar refractivity (Wildman–Crippen MR) is 100 cm³/mol. The van der Waals surface area contributed by atoms with Crippen LogP contribution in [0.2, 0.25) is 5.02 Å². The summed E-state index contributed by atoms with van der Waals surface area (Å²) in [6.07, 6.45) is -0.811. The minimum absolute atomic E-state index is 0.0251. The molecule has 2 fully saturated rings. The molecule has 0 saturated carbocycles. The van der Waals surface area contributed by atoms with E-state index < -0.39 is 6.43 Å². The first kappa shape index (κ1) is 20.0. The standard InChI is InChI=1S/C19H24ClF2N3O2/c1-23(12-17(21)22)15-5-7-24(8-6-15)19(27)13-9-18(26)25(11-13)16-4-2-3-14(20)10-16/h2-4,10,13,15,17H,5-9,11-12H2,1H3. The highest BCUT2D eigenvalue weighted by Gasteiger charge is 2.38. The molecule has 2 aliphatic heterocycles. The average Bonchev–Trinajstić information content (AvgIpc) is 3.02. The van der Waals surface area contributed by atoms with E-state index in [0.717, 1.165) is 0 Å². The third-order valence-electron chi connectivity index (χ3n) is 5.42. The monoisotopic (exact) mass is 399 g/mol. The molecule has 5 nitrogen and oxygen atoms in total. The Bertz CT molecular complexity index is 695. The van der Waals surface area contributed by atoms with Crippen molar-refractivity contribution in [1.82, 2.24) is 9.80 Å². The van der Waals surface area contributed by atoms with Crippen LogP contribution in [-0.2, 0) is 9.59 Å². The van der Waals surface area contributed by atoms with Gasteiger partial charge in [0.25, 0.3) is 6.43 Å². The van der Waals surface area contributed by atoms with Crippen molar-refractivity contribution in [3.63, 3.8) is 0 Å². The molecule has 1 aromatic carbocycles. The molecule has 0 bridgehead atoms. The SMILES string of the molecule is CN(CC(F)F)C1CCN(C(=O)C2CC(=O)N(c3cccc(Cl)c3)C2)CC1. The Morgan fingerprint density at radius 1 is 1.33 bits per heavy atom. The Balaban J connectivity index is 1.56. The number of likely N-dealkylation sites (tertiary alicyclic amines) is 1. The lowest BCUT2D eigenvalue weighted by molar-refractivity contribution is -0.137. The van der Waals surface area contributed by atoms with E-state index in [1.54, 1.807) is 46.0 Å². The number of alkyl halides is 2. The molecular weight excluding hydrogens is 376 g/mol. The lowest BCUT2D eigenvalue weighted by atomic mass is 10.0. The third-order valence-corrected chi connectivity index (χ3v) is 5.65. The van der Waals surface area contributed by atoms with Gasteiger partial charge >= 0.3 is 0 Å². The molecule has 2 saturated heterocycles. The molecule has 0 N–H and O–H groups in total. The molecule has 8 heteroatoms. The zero-order chi connectivity index (χ0) is 19.6. The summed E-state index contributed by atoms with van der Waals surface area (Å²) in [4.78, 5) is 30.2. The van der Waals surface area contributed by atoms with Crippen molar-refractivity contribution in [2.45, 2.75) is 31.7 Å². The summed E-state index contributed by atoms with van der Waals surface area (Å²) < 4.78 is 25.1. The van der Waals surface area contributed by atoms with Gasteiger partial charge in [-0.05, 0) is 38.1 Å². The minimum atomic E-state index is -2.35. The van der Waals surface area contributed by atoms with Crippen molar-refractivity contribution in [1.29, 1.82) is 0 Å². The molecule has 2 amide bonds. The van der Waals surface area contributed by atoms with Crippen molar-refractivity contribution >= 4 is 29.1 Å². The van der Waals surface area contributed by atoms with E-state index in [0.29, 0.717) is 43.2 Å². The van der Waals surface area contributed by atoms with Crippen LogP contribution in [0, 0.1) is 5.92 Å². The highest BCUT2D eigenvalue weighted by Crippen LogP contribution is 2.29. The first-order valence-electron chi connectivity index (χ1n) is 9.18. The molecule has 1 unspecified atom stereocenters. The number of anilines is 1. The molecule has 148 valence electrons. The van der Waals surface area contributed by atoms with Crippen LogP contribution in [0.3, 0.4) is 0 Å². The van der Waals surface area contributed by atoms with E-state index >= 15 is 0 Å². The van der Waals surface area contributed by atoms with E-state index in [9.17, 15) is 18.4 Å². The number of hydrogen-bond donors (Lipinski definition) is 0. The van der Waals surface area contributed by atoms with Crippen LogP contribution in [0.1, 0.15) is 19.3 Å². The summed E-state index contributed by atoms with van der Waals surface area (Å²) in [6.45, 7) is 1.19. The van der Waals surface area contributed by atoms with Crippen LogP contribution in [-0.4, -0.2) is 67.3 Å². The van der Waals surface area contributed by atoms with Gasteiger partial charge < -0.3 is 9.80 Å². The Kier molecular flexibility index (Phi) is 6.32. The fraction of sp³-hybridized carbons (Fsp3) is 0.579. The largest absolute Gasteiger partial charge is 0.342 e. The lowest BCUT2D eigenvalue weighted by Gasteiger charge is -2.37. The molecule has 27 heavy (non-hydrogen) atoms. The molecule has 2 aliphatic rings. The highest BCUT2D eigenvalue weighted by molar-refractivity contribution is 6.31. The molecule has 0 aromatic heterocycles. The van der Waals surface area contributed by atoms with Crippen molar-refractivity contribution in [2.75, 3.05) is 38.1 Å². The Morgan fingerprint density at radius 3 is 2.67 bits per heavy atom. The maximum Gasteiger partial charge on any atom is 0.251 e. The number of carbonyl (C=O) groups excluding carboxylic acids is 2. The summed E-state index contributed by atoms with van der Waals surface area (Å²) >= 11 is 6.00. The summed E-state index contributed by atoms with van der Waals surface area (Å²) in [5.41, 5.74) is 0.704. The van der Waals surface area contributed by atoms with Crippen LogP contribution in [0.25, 0.3) is 0 Å². The van der Waals surface area contributed by atoms with Crippen LogP contribution in [0.15, 0.2) is 24.3 Å². The van der Waals surface area contributed by atoms with Crippen molar-refractivity contribution < 1.29 is 18.4 Å². The second kappa shape index (κ2) is 8.52. The molecule has 0 spiro atoms. The van der Waals surface area contributed by atoms with Crippen molar-refractivity contribution in [3.8, 4) is 0 Å². The summed E-state index contributed by atoms with van der Waals surface area (Å²) in [5.74, 6) is -0.475. The summed E-state index contributed by atoms with van der Waals surface area (Å²) in [5, 5.41) is 0.546. The van der Waals surface area contributed by atoms with E-state index in [1.807, 2.05) is 0 Å². The van der Waals surface area contributed by atoms with Crippen molar-refractivity contribution in [3.05, 3.63) is 29.3 Å². The van der Waals surface area contributed by atoms with Gasteiger partial charge in [-0.15, -0.1) is 0 Å². The average molecular weight is 400 g/mol. The fourth-order valence-corrected chi connectivity index (χ4v) is 4.10. The fourth-order valence-electron chi connectivity index (χ4n) is 3.92. The topological polar surface area (TPSA) is 43.9 Å². The van der Waals surface area contributed by atoms with Gasteiger partial charge in [0.2, 0.25) is 11.8 Å². The van der Waals surface area contributed by atoms with Crippen LogP contribution in [0.4, 0.5) is 14.5 Å². The van der Waals surface area contributed by atoms with Gasteiger partial charge in [-0.2, -0.15) is 0 Å². The van der Waals surface area contributed by atoms with Gasteiger partial charge in [-0.1, -0.05) is 17.7 Å². The lowest BCUT2D eigenvalue weighted by Crippen LogP contribution is -2.48. The number of halogens is 3. The number of nitrogens with zero attached hydrogens (tertiary/aromatic N) is 3. The quantitative estimate of drug-likeness (QED) is 0.764. The number of carbonyl (C=O) groups is 2. The van der Waals surface area contributed by atoms with E-state index in [-0.39, 0.29) is 36.7 Å². The molecule has 0 radical (unpaired) electrons. The van der Waals surface area contributed by atoms with Gasteiger partial charge in [0.05, 0.1) is 12.5 Å². The third kappa shape index (κ3) is 4.76. The van der Waals surface area contributed by atoms with E-state index in [1.165, 1.54) is 0 Å². The molecule has 0 aliphatic carbocycles. The number of rotatable bonds is 5. The van der Waals surface area contributed by atoms with Gasteiger partial charge in [-0.25, -0.2) is 8.78 Å². The second-order valence-electron chi connectivity index (χ2n) is 7.27. The van der Waals surface area contributed by atoms with Crippen molar-refractivity contribution in [2.24, 2.45) is 5.92 Å². The Hall–Kier alpha value is -1.73. The zero-order valence-corrected chi connectivity index (χ0v) is 16.0. The number of hydrogen-bond acceptors (Lipinski definition) is 3. The number of amides is 2. The normalized spacial score (nSPS) is 21.6. The maximum atomic E-state index is 12.8.